The molecular weight excluding hydrogens is 1130 g/mol. The normalized spacial score (nSPS) is 31.2. The minimum Gasteiger partial charge on any atom is -0.439 e. The van der Waals surface area contributed by atoms with E-state index in [2.05, 4.69) is 26.6 Å². The van der Waals surface area contributed by atoms with Crippen LogP contribution in [0.25, 0.3) is 0 Å². The number of ketones is 4. The molecule has 2 heterocycles. The van der Waals surface area contributed by atoms with E-state index >= 15 is 0 Å². The number of hydrogen-bond acceptors (Lipinski definition) is 19. The Labute approximate surface area is 506 Å². The standard InChI is InChI=1S/C62H87F2N7O16/c1-33-23-41-51(45(72)29-43(55(41)76)70-59(78)35(3)15-11-17-47(82-7)57(86-61(65)80)39(31-63)27-37(5)53(74)49(25-33)84-9)68-21-13-19-67-20-14-22-69-52-42-24-34(2)26-50(85-10)54(75)38(6)28-40(32-64)58(87-62(66)81)48(83-8)18-12-16-36(4)60(79)71-44(56(42)77)30-46(52)73/h11-12,15-18,27-30,33-34,37-38,47-50,53-54,57-58,67-69,74-75H,13-14,19-26,31-32H2,1-10H3,(H2,65,80)(H2,66,81)(H,70,78)(H,71,79)/b17-11-,18-12-,35-15+,36-16+,39-27+,40-28+/t33-,34+,37+,38-,47+,48-,49+,50-,53-,54+,57+,58-/i63-1,64-1. The number of primary amides is 2. The van der Waals surface area contributed by atoms with E-state index in [-0.39, 0.29) is 95.0 Å². The minimum absolute atomic E-state index is 0.0249. The molecule has 0 aromatic carbocycles. The van der Waals surface area contributed by atoms with Crippen molar-refractivity contribution in [2.45, 2.75) is 129 Å². The van der Waals surface area contributed by atoms with Crippen LogP contribution in [-0.2, 0) is 57.2 Å². The highest BCUT2D eigenvalue weighted by molar-refractivity contribution is 6.24. The molecule has 87 heavy (non-hydrogen) atoms. The zero-order valence-electron chi connectivity index (χ0n) is 51.2. The summed E-state index contributed by atoms with van der Waals surface area (Å²) in [5, 5.41) is 37.8. The van der Waals surface area contributed by atoms with Crippen LogP contribution >= 0.6 is 0 Å². The maximum Gasteiger partial charge on any atom is 0.405 e. The van der Waals surface area contributed by atoms with Crippen LogP contribution in [0.3, 0.4) is 0 Å². The summed E-state index contributed by atoms with van der Waals surface area (Å²) >= 11 is 0. The number of halogens is 2. The summed E-state index contributed by atoms with van der Waals surface area (Å²) in [5.41, 5.74) is 10.7. The van der Waals surface area contributed by atoms with Gasteiger partial charge in [-0.05, 0) is 77.3 Å². The number of Topliss-reactive ketones (excluding diaryl/α,β-unsaturated/α-hetero) is 2. The molecule has 4 bridgehead atoms. The summed E-state index contributed by atoms with van der Waals surface area (Å²) in [4.78, 5) is 107. The van der Waals surface area contributed by atoms with Crippen molar-refractivity contribution >= 4 is 47.1 Å². The van der Waals surface area contributed by atoms with Crippen molar-refractivity contribution in [2.24, 2.45) is 35.1 Å². The Hall–Kier alpha value is -7.26. The van der Waals surface area contributed by atoms with Crippen molar-refractivity contribution in [3.8, 4) is 0 Å². The summed E-state index contributed by atoms with van der Waals surface area (Å²) in [6, 6.07) is 0. The smallest absolute Gasteiger partial charge is 0.405 e. The molecular formula is C62H87F2N7O16. The van der Waals surface area contributed by atoms with E-state index in [1.54, 1.807) is 27.7 Å². The fourth-order valence-electron chi connectivity index (χ4n) is 10.5. The molecule has 0 aromatic rings. The lowest BCUT2D eigenvalue weighted by molar-refractivity contribution is -0.120. The van der Waals surface area contributed by atoms with Gasteiger partial charge in [-0.1, -0.05) is 76.3 Å². The molecule has 0 aromatic heterocycles. The number of rotatable bonds is 18. The SMILES string of the molecule is CO[C@H]1/C=C\C=C(/C)C(=O)NC2=CC(=O)C(NCCCNCCCNC3=C4C[C@H](C)C[C@@H](OC)[C@@H](O)[C@H](C)/C=C(\C[18F])[C@@H](OC(N)=O)[C@H](OC)/C=C\C=C(/C)C(=O)NC(=CC3=O)C4=O)=C(C[C@@H](C)C[C@H](OC)[C@H](O)[C@@H](C)/C=C(\C[18F])[C@@H]1OC(N)=O)C2=O. The molecule has 0 spiro atoms. The summed E-state index contributed by atoms with van der Waals surface area (Å²) in [6.07, 6.45) is 3.28. The quantitative estimate of drug-likeness (QED) is 0.0532. The number of carbonyl (C=O) groups is 8. The van der Waals surface area contributed by atoms with E-state index in [1.807, 2.05) is 0 Å². The van der Waals surface area contributed by atoms with Gasteiger partial charge < -0.3 is 76.7 Å². The van der Waals surface area contributed by atoms with Crippen LogP contribution in [0.5, 0.6) is 0 Å². The van der Waals surface area contributed by atoms with Gasteiger partial charge in [0.15, 0.2) is 12.2 Å². The topological polar surface area (TPSA) is 345 Å². The summed E-state index contributed by atoms with van der Waals surface area (Å²) in [5.74, 6) is -6.04. The zero-order chi connectivity index (χ0) is 64.7. The minimum atomic E-state index is -1.34. The molecule has 25 heteroatoms. The first kappa shape index (κ1) is 72.2. The molecule has 2 aliphatic heterocycles. The number of ether oxygens (including phenoxy) is 6. The molecule has 0 saturated carbocycles. The molecule has 4 aliphatic rings. The Morgan fingerprint density at radius 2 is 0.966 bits per heavy atom. The van der Waals surface area contributed by atoms with E-state index in [4.69, 9.17) is 39.9 Å². The Morgan fingerprint density at radius 3 is 1.29 bits per heavy atom. The van der Waals surface area contributed by atoms with Crippen molar-refractivity contribution < 1.29 is 85.8 Å². The van der Waals surface area contributed by atoms with E-state index in [9.17, 15) is 57.4 Å². The van der Waals surface area contributed by atoms with Gasteiger partial charge in [-0.25, -0.2) is 18.4 Å². The number of carbonyl (C=O) groups excluding carboxylic acids is 8. The van der Waals surface area contributed by atoms with Crippen LogP contribution in [0.1, 0.15) is 80.1 Å². The van der Waals surface area contributed by atoms with Crippen LogP contribution in [0, 0.1) is 23.7 Å². The van der Waals surface area contributed by atoms with Gasteiger partial charge in [0.1, 0.15) is 25.6 Å². The van der Waals surface area contributed by atoms with Gasteiger partial charge in [-0.2, -0.15) is 0 Å². The lowest BCUT2D eigenvalue weighted by Crippen LogP contribution is -2.38. The van der Waals surface area contributed by atoms with Crippen molar-refractivity contribution in [1.82, 2.24) is 26.6 Å². The van der Waals surface area contributed by atoms with Gasteiger partial charge in [0, 0.05) is 99.0 Å². The summed E-state index contributed by atoms with van der Waals surface area (Å²) in [7, 11) is 5.39. The fourth-order valence-corrected chi connectivity index (χ4v) is 10.5. The summed E-state index contributed by atoms with van der Waals surface area (Å²) < 4.78 is 62.5. The third-order valence-electron chi connectivity index (χ3n) is 15.3. The van der Waals surface area contributed by atoms with Crippen LogP contribution < -0.4 is 38.1 Å². The third-order valence-corrected chi connectivity index (χ3v) is 15.3. The molecule has 2 aliphatic carbocycles. The third kappa shape index (κ3) is 21.0. The van der Waals surface area contributed by atoms with Gasteiger partial charge in [0.25, 0.3) is 11.8 Å². The predicted molar refractivity (Wildman–Crippen MR) is 318 cm³/mol. The Morgan fingerprint density at radius 1 is 0.598 bits per heavy atom. The zero-order valence-corrected chi connectivity index (χ0v) is 51.2. The number of nitrogens with one attached hydrogen (secondary N) is 5. The Bertz CT molecular complexity index is 2650. The second-order valence-corrected chi connectivity index (χ2v) is 22.1. The second-order valence-electron chi connectivity index (χ2n) is 22.1. The molecule has 0 saturated heterocycles. The largest absolute Gasteiger partial charge is 0.439 e. The Kier molecular flexibility index (Phi) is 29.5. The van der Waals surface area contributed by atoms with Gasteiger partial charge in [0.2, 0.25) is 23.1 Å². The highest BCUT2D eigenvalue weighted by atomic mass is 18.2. The number of amides is 4. The molecule has 11 N–H and O–H groups in total. The van der Waals surface area contributed by atoms with Crippen molar-refractivity contribution in [1.29, 1.82) is 0 Å². The van der Waals surface area contributed by atoms with Crippen LogP contribution in [0.15, 0.2) is 117 Å². The monoisotopic (exact) mass is 1220 g/mol. The molecule has 480 valence electrons. The van der Waals surface area contributed by atoms with Crippen LogP contribution in [0.2, 0.25) is 0 Å². The fraction of sp³-hybridized carbons (Fsp3) is 0.548. The van der Waals surface area contributed by atoms with Crippen LogP contribution in [0.4, 0.5) is 18.4 Å². The molecule has 23 nitrogen and oxygen atoms in total. The Balaban J connectivity index is 1.50. The van der Waals surface area contributed by atoms with Crippen molar-refractivity contribution in [3.63, 3.8) is 0 Å². The molecule has 4 amide bonds. The van der Waals surface area contributed by atoms with Gasteiger partial charge in [-0.15, -0.1) is 0 Å². The maximum atomic E-state index is 14.7. The molecule has 0 unspecified atom stereocenters. The molecule has 0 fully saturated rings. The van der Waals surface area contributed by atoms with Crippen molar-refractivity contribution in [2.75, 3.05) is 68.0 Å². The van der Waals surface area contributed by atoms with E-state index < -0.39 is 133 Å². The highest BCUT2D eigenvalue weighted by Gasteiger charge is 2.37. The highest BCUT2D eigenvalue weighted by Crippen LogP contribution is 2.32. The second kappa shape index (κ2) is 35.5. The number of nitrogens with two attached hydrogens (primary N) is 2. The number of aliphatic hydroxyl groups is 2. The molecule has 12 atom stereocenters. The predicted octanol–water partition coefficient (Wildman–Crippen LogP) is 3.99. The van der Waals surface area contributed by atoms with E-state index in [1.165, 1.54) is 90.9 Å². The maximum absolute atomic E-state index is 14.7. The number of alkyl halides is 2. The van der Waals surface area contributed by atoms with Crippen LogP contribution in [-0.4, -0.2) is 174 Å². The lowest BCUT2D eigenvalue weighted by atomic mass is 9.85. The van der Waals surface area contributed by atoms with Gasteiger partial charge in [0.05, 0.1) is 47.2 Å². The number of aliphatic hydroxyl groups excluding tert-OH is 2. The first-order chi connectivity index (χ1) is 41.3. The summed E-state index contributed by atoms with van der Waals surface area (Å²) in [6.45, 7) is 8.97. The molecule has 0 radical (unpaired) electrons. The first-order valence-electron chi connectivity index (χ1n) is 28.9. The number of allylic oxidation sites excluding steroid dienone is 8. The van der Waals surface area contributed by atoms with E-state index in [0.717, 1.165) is 12.2 Å². The van der Waals surface area contributed by atoms with Gasteiger partial charge in [-0.3, -0.25) is 28.8 Å². The number of methoxy groups -OCH3 is 4. The average molecular weight is 1220 g/mol. The number of fused-ring (bicyclic) bond motifs is 4. The van der Waals surface area contributed by atoms with E-state index in [0.29, 0.717) is 25.9 Å². The molecule has 4 rings (SSSR count). The van der Waals surface area contributed by atoms with Gasteiger partial charge >= 0.3 is 12.2 Å². The number of hydrogen-bond donors (Lipinski definition) is 9. The lowest BCUT2D eigenvalue weighted by Gasteiger charge is -2.30. The van der Waals surface area contributed by atoms with Crippen molar-refractivity contribution in [3.05, 3.63) is 117 Å². The average Bonchev–Trinajstić information content (AvgIpc) is 2.06. The first-order valence-corrected chi connectivity index (χ1v) is 28.9.